The number of carbonyl (C=O) groups excluding carboxylic acids is 1. The molecule has 1 N–H and O–H groups in total. The molecule has 1 amide bonds. The third-order valence-corrected chi connectivity index (χ3v) is 2.78. The van der Waals surface area contributed by atoms with Crippen molar-refractivity contribution in [3.63, 3.8) is 0 Å². The third-order valence-electron chi connectivity index (χ3n) is 2.78. The number of furan rings is 1. The first kappa shape index (κ1) is 9.88. The molecule has 2 aromatic rings. The molecule has 0 atom stereocenters. The summed E-state index contributed by atoms with van der Waals surface area (Å²) in [6, 6.07) is 1.62. The van der Waals surface area contributed by atoms with Crippen LogP contribution >= 0.6 is 0 Å². The lowest BCUT2D eigenvalue weighted by Crippen LogP contribution is -2.48. The lowest BCUT2D eigenvalue weighted by atomic mass is 9.99. The highest BCUT2D eigenvalue weighted by Crippen LogP contribution is 2.25. The summed E-state index contributed by atoms with van der Waals surface area (Å²) in [7, 11) is 0. The van der Waals surface area contributed by atoms with E-state index in [0.717, 1.165) is 0 Å². The molecule has 2 aromatic heterocycles. The Hall–Kier alpha value is -2.31. The number of nitrogens with zero attached hydrogens (tertiary/aromatic N) is 2. The van der Waals surface area contributed by atoms with Gasteiger partial charge in [0.15, 0.2) is 5.82 Å². The van der Waals surface area contributed by atoms with Crippen LogP contribution in [0.4, 0.5) is 0 Å². The van der Waals surface area contributed by atoms with Crippen LogP contribution in [-0.2, 0) is 0 Å². The molecular formula is C10H9N3O4. The molecule has 0 bridgehead atoms. The Morgan fingerprint density at radius 2 is 2.35 bits per heavy atom. The van der Waals surface area contributed by atoms with Crippen LogP contribution in [0.5, 0.6) is 0 Å². The fraction of sp³-hybridized carbons (Fsp3) is 0.300. The number of likely N-dealkylation sites (tertiary alicyclic amines) is 1. The first-order valence-electron chi connectivity index (χ1n) is 5.11. The second kappa shape index (κ2) is 3.62. The highest BCUT2D eigenvalue weighted by atomic mass is 16.5. The van der Waals surface area contributed by atoms with E-state index in [1.54, 1.807) is 11.0 Å². The average molecular weight is 235 g/mol. The second-order valence-corrected chi connectivity index (χ2v) is 3.90. The lowest BCUT2D eigenvalue weighted by molar-refractivity contribution is 0.0591. The summed E-state index contributed by atoms with van der Waals surface area (Å²) >= 11 is 0. The van der Waals surface area contributed by atoms with Crippen LogP contribution in [0.15, 0.2) is 32.3 Å². The van der Waals surface area contributed by atoms with Crippen molar-refractivity contribution >= 4 is 5.91 Å². The van der Waals surface area contributed by atoms with Gasteiger partial charge in [-0.1, -0.05) is 5.16 Å². The molecule has 0 spiro atoms. The molecule has 1 fully saturated rings. The van der Waals surface area contributed by atoms with Crippen molar-refractivity contribution in [1.82, 2.24) is 15.0 Å². The van der Waals surface area contributed by atoms with Gasteiger partial charge in [-0.3, -0.25) is 14.3 Å². The van der Waals surface area contributed by atoms with E-state index >= 15 is 0 Å². The molecule has 88 valence electrons. The van der Waals surface area contributed by atoms with E-state index in [-0.39, 0.29) is 11.8 Å². The molecule has 3 heterocycles. The van der Waals surface area contributed by atoms with E-state index < -0.39 is 5.76 Å². The first-order valence-corrected chi connectivity index (χ1v) is 5.11. The molecule has 0 unspecified atom stereocenters. The normalized spacial score (nSPS) is 15.9. The Kier molecular flexibility index (Phi) is 2.10. The van der Waals surface area contributed by atoms with E-state index in [2.05, 4.69) is 14.7 Å². The maximum atomic E-state index is 11.8. The fourth-order valence-electron chi connectivity index (χ4n) is 1.80. The van der Waals surface area contributed by atoms with E-state index in [0.29, 0.717) is 24.5 Å². The van der Waals surface area contributed by atoms with Crippen molar-refractivity contribution in [2.75, 3.05) is 13.1 Å². The molecule has 17 heavy (non-hydrogen) atoms. The van der Waals surface area contributed by atoms with Crippen molar-refractivity contribution in [1.29, 1.82) is 0 Å². The molecule has 0 saturated carbocycles. The van der Waals surface area contributed by atoms with Gasteiger partial charge in [-0.15, -0.1) is 0 Å². The SMILES string of the molecule is O=C(c1ccoc1)N1CC(c2noc(=O)[nH]2)C1. The zero-order chi connectivity index (χ0) is 11.8. The summed E-state index contributed by atoms with van der Waals surface area (Å²) in [6.45, 7) is 1.04. The van der Waals surface area contributed by atoms with Gasteiger partial charge < -0.3 is 9.32 Å². The topological polar surface area (TPSA) is 92.3 Å². The lowest BCUT2D eigenvalue weighted by Gasteiger charge is -2.37. The smallest absolute Gasteiger partial charge is 0.438 e. The molecule has 7 heteroatoms. The Morgan fingerprint density at radius 1 is 1.53 bits per heavy atom. The van der Waals surface area contributed by atoms with Crippen molar-refractivity contribution in [2.24, 2.45) is 0 Å². The van der Waals surface area contributed by atoms with Crippen molar-refractivity contribution < 1.29 is 13.7 Å². The van der Waals surface area contributed by atoms with E-state index in [9.17, 15) is 9.59 Å². The van der Waals surface area contributed by atoms with Crippen LogP contribution in [0.2, 0.25) is 0 Å². The molecule has 1 aliphatic heterocycles. The molecular weight excluding hydrogens is 226 g/mol. The standard InChI is InChI=1S/C10H9N3O4/c14-9(6-1-2-16-5-6)13-3-7(4-13)8-11-10(15)17-12-8/h1-2,5,7H,3-4H2,(H,11,12,15). The second-order valence-electron chi connectivity index (χ2n) is 3.90. The monoisotopic (exact) mass is 235 g/mol. The van der Waals surface area contributed by atoms with Gasteiger partial charge in [0.25, 0.3) is 5.91 Å². The number of nitrogens with one attached hydrogen (secondary N) is 1. The van der Waals surface area contributed by atoms with Gasteiger partial charge in [0.1, 0.15) is 6.26 Å². The van der Waals surface area contributed by atoms with E-state index in [1.165, 1.54) is 12.5 Å². The van der Waals surface area contributed by atoms with Crippen molar-refractivity contribution in [3.05, 3.63) is 40.5 Å². The van der Waals surface area contributed by atoms with Gasteiger partial charge in [-0.05, 0) is 6.07 Å². The zero-order valence-electron chi connectivity index (χ0n) is 8.75. The molecule has 0 aliphatic carbocycles. The summed E-state index contributed by atoms with van der Waals surface area (Å²) in [5, 5.41) is 3.59. The highest BCUT2D eigenvalue weighted by molar-refractivity contribution is 5.94. The predicted octanol–water partition coefficient (Wildman–Crippen LogP) is 0.195. The molecule has 1 aliphatic rings. The number of hydrogen-bond donors (Lipinski definition) is 1. The number of aromatic amines is 1. The van der Waals surface area contributed by atoms with Crippen LogP contribution in [0, 0.1) is 0 Å². The minimum Gasteiger partial charge on any atom is -0.472 e. The zero-order valence-corrected chi connectivity index (χ0v) is 8.75. The Labute approximate surface area is 95.0 Å². The van der Waals surface area contributed by atoms with Crippen LogP contribution < -0.4 is 5.76 Å². The van der Waals surface area contributed by atoms with Crippen molar-refractivity contribution in [2.45, 2.75) is 5.92 Å². The molecule has 7 nitrogen and oxygen atoms in total. The Balaban J connectivity index is 1.65. The predicted molar refractivity (Wildman–Crippen MR) is 54.5 cm³/mol. The van der Waals surface area contributed by atoms with Crippen LogP contribution in [-0.4, -0.2) is 34.0 Å². The van der Waals surface area contributed by atoms with Crippen LogP contribution in [0.25, 0.3) is 0 Å². The Morgan fingerprint density at radius 3 is 2.94 bits per heavy atom. The van der Waals surface area contributed by atoms with Gasteiger partial charge in [0.2, 0.25) is 0 Å². The number of aromatic nitrogens is 2. The minimum atomic E-state index is -0.570. The minimum absolute atomic E-state index is 0.0392. The number of H-pyrrole nitrogens is 1. The number of rotatable bonds is 2. The maximum Gasteiger partial charge on any atom is 0.438 e. The van der Waals surface area contributed by atoms with Crippen LogP contribution in [0.3, 0.4) is 0 Å². The average Bonchev–Trinajstić information content (AvgIpc) is 2.86. The van der Waals surface area contributed by atoms with Crippen LogP contribution in [0.1, 0.15) is 22.1 Å². The highest BCUT2D eigenvalue weighted by Gasteiger charge is 2.34. The summed E-state index contributed by atoms with van der Waals surface area (Å²) in [4.78, 5) is 26.7. The quantitative estimate of drug-likeness (QED) is 0.802. The maximum absolute atomic E-state index is 11.8. The molecule has 3 rings (SSSR count). The number of amides is 1. The van der Waals surface area contributed by atoms with Gasteiger partial charge in [-0.25, -0.2) is 4.79 Å². The summed E-state index contributed by atoms with van der Waals surface area (Å²) in [5.74, 6) is -0.121. The third kappa shape index (κ3) is 1.65. The first-order chi connectivity index (χ1) is 8.24. The largest absolute Gasteiger partial charge is 0.472 e. The molecule has 0 radical (unpaired) electrons. The summed E-state index contributed by atoms with van der Waals surface area (Å²) in [6.07, 6.45) is 2.87. The van der Waals surface area contributed by atoms with Gasteiger partial charge >= 0.3 is 5.76 Å². The summed E-state index contributed by atoms with van der Waals surface area (Å²) in [5.41, 5.74) is 0.525. The number of hydrogen-bond acceptors (Lipinski definition) is 5. The van der Waals surface area contributed by atoms with E-state index in [1.807, 2.05) is 0 Å². The number of carbonyl (C=O) groups is 1. The Bertz CT molecular complexity index is 577. The molecule has 1 saturated heterocycles. The molecule has 0 aromatic carbocycles. The summed E-state index contributed by atoms with van der Waals surface area (Å²) < 4.78 is 9.26. The van der Waals surface area contributed by atoms with Gasteiger partial charge in [0, 0.05) is 13.1 Å². The van der Waals surface area contributed by atoms with Crippen molar-refractivity contribution in [3.8, 4) is 0 Å². The van der Waals surface area contributed by atoms with Gasteiger partial charge in [0.05, 0.1) is 17.7 Å². The van der Waals surface area contributed by atoms with E-state index in [4.69, 9.17) is 4.42 Å². The fourth-order valence-corrected chi connectivity index (χ4v) is 1.80. The van der Waals surface area contributed by atoms with Gasteiger partial charge in [-0.2, -0.15) is 0 Å².